The van der Waals surface area contributed by atoms with Gasteiger partial charge < -0.3 is 20.9 Å². The molecule has 108 valence electrons. The van der Waals surface area contributed by atoms with Crippen molar-refractivity contribution in [3.05, 3.63) is 23.8 Å². The van der Waals surface area contributed by atoms with E-state index in [4.69, 9.17) is 20.9 Å². The Labute approximate surface area is 116 Å². The Morgan fingerprint density at radius 2 is 1.79 bits per heavy atom. The molecule has 1 atom stereocenters. The van der Waals surface area contributed by atoms with Gasteiger partial charge in [-0.3, -0.25) is 0 Å². The number of hydrogen-bond acceptors (Lipinski definition) is 4. The molecule has 0 radical (unpaired) electrons. The standard InChI is InChI=1S/C15H26N2O2/c1-4-12(7-11(9-16)10-17)14-8-13(18-2)5-6-15(14)19-3/h5-6,8,11-12H,4,7,9-10,16-17H2,1-3H3. The van der Waals surface area contributed by atoms with Crippen LogP contribution >= 0.6 is 0 Å². The number of methoxy groups -OCH3 is 2. The summed E-state index contributed by atoms with van der Waals surface area (Å²) in [7, 11) is 3.37. The Kier molecular flexibility index (Phi) is 6.67. The highest BCUT2D eigenvalue weighted by atomic mass is 16.5. The van der Waals surface area contributed by atoms with Crippen LogP contribution in [0.2, 0.25) is 0 Å². The fraction of sp³-hybridized carbons (Fsp3) is 0.600. The monoisotopic (exact) mass is 266 g/mol. The van der Waals surface area contributed by atoms with Gasteiger partial charge in [0.15, 0.2) is 0 Å². The molecular formula is C15H26N2O2. The maximum Gasteiger partial charge on any atom is 0.122 e. The van der Waals surface area contributed by atoms with E-state index in [1.165, 1.54) is 5.56 Å². The van der Waals surface area contributed by atoms with Gasteiger partial charge in [-0.25, -0.2) is 0 Å². The highest BCUT2D eigenvalue weighted by molar-refractivity contribution is 5.42. The van der Waals surface area contributed by atoms with Crippen molar-refractivity contribution in [1.82, 2.24) is 0 Å². The number of benzene rings is 1. The largest absolute Gasteiger partial charge is 0.497 e. The summed E-state index contributed by atoms with van der Waals surface area (Å²) < 4.78 is 10.8. The SMILES string of the molecule is CCC(CC(CN)CN)c1cc(OC)ccc1OC. The van der Waals surface area contributed by atoms with Gasteiger partial charge in [0.25, 0.3) is 0 Å². The quantitative estimate of drug-likeness (QED) is 0.756. The van der Waals surface area contributed by atoms with Crippen LogP contribution in [0.4, 0.5) is 0 Å². The van der Waals surface area contributed by atoms with E-state index < -0.39 is 0 Å². The van der Waals surface area contributed by atoms with Crippen molar-refractivity contribution in [3.63, 3.8) is 0 Å². The predicted octanol–water partition coefficient (Wildman–Crippen LogP) is 2.12. The molecule has 0 saturated carbocycles. The zero-order chi connectivity index (χ0) is 14.3. The average molecular weight is 266 g/mol. The van der Waals surface area contributed by atoms with Crippen LogP contribution in [0.3, 0.4) is 0 Å². The topological polar surface area (TPSA) is 70.5 Å². The molecule has 0 fully saturated rings. The van der Waals surface area contributed by atoms with Crippen LogP contribution in [0.5, 0.6) is 11.5 Å². The second kappa shape index (κ2) is 8.02. The van der Waals surface area contributed by atoms with Crippen molar-refractivity contribution < 1.29 is 9.47 Å². The summed E-state index contributed by atoms with van der Waals surface area (Å²) in [5, 5.41) is 0. The Morgan fingerprint density at radius 3 is 2.26 bits per heavy atom. The van der Waals surface area contributed by atoms with Crippen LogP contribution in [-0.4, -0.2) is 27.3 Å². The summed E-state index contributed by atoms with van der Waals surface area (Å²) in [5.41, 5.74) is 12.7. The third kappa shape index (κ3) is 4.11. The van der Waals surface area contributed by atoms with Crippen LogP contribution in [-0.2, 0) is 0 Å². The van der Waals surface area contributed by atoms with Gasteiger partial charge in [-0.2, -0.15) is 0 Å². The number of rotatable bonds is 8. The van der Waals surface area contributed by atoms with Crippen molar-refractivity contribution >= 4 is 0 Å². The molecule has 19 heavy (non-hydrogen) atoms. The van der Waals surface area contributed by atoms with Crippen LogP contribution in [0.25, 0.3) is 0 Å². The Balaban J connectivity index is 3.01. The highest BCUT2D eigenvalue weighted by Crippen LogP contribution is 2.35. The molecule has 0 bridgehead atoms. The minimum Gasteiger partial charge on any atom is -0.497 e. The summed E-state index contributed by atoms with van der Waals surface area (Å²) in [6.45, 7) is 3.42. The van der Waals surface area contributed by atoms with E-state index in [-0.39, 0.29) is 0 Å². The molecule has 4 N–H and O–H groups in total. The predicted molar refractivity (Wildman–Crippen MR) is 78.8 cm³/mol. The molecule has 4 nitrogen and oxygen atoms in total. The van der Waals surface area contributed by atoms with Crippen LogP contribution in [0, 0.1) is 5.92 Å². The Hall–Kier alpha value is -1.26. The normalized spacial score (nSPS) is 12.5. The van der Waals surface area contributed by atoms with Gasteiger partial charge in [0, 0.05) is 5.56 Å². The lowest BCUT2D eigenvalue weighted by atomic mass is 9.86. The first kappa shape index (κ1) is 15.8. The summed E-state index contributed by atoms with van der Waals surface area (Å²) in [6, 6.07) is 5.92. The number of ether oxygens (including phenoxy) is 2. The molecule has 0 aromatic heterocycles. The number of hydrogen-bond donors (Lipinski definition) is 2. The van der Waals surface area contributed by atoms with Gasteiger partial charge in [-0.15, -0.1) is 0 Å². The fourth-order valence-corrected chi connectivity index (χ4v) is 2.36. The van der Waals surface area contributed by atoms with Crippen molar-refractivity contribution in [2.75, 3.05) is 27.3 Å². The van der Waals surface area contributed by atoms with Gasteiger partial charge in [0.2, 0.25) is 0 Å². The lowest BCUT2D eigenvalue weighted by Crippen LogP contribution is -2.25. The van der Waals surface area contributed by atoms with Gasteiger partial charge in [-0.1, -0.05) is 6.92 Å². The molecule has 1 aromatic carbocycles. The molecule has 0 spiro atoms. The van der Waals surface area contributed by atoms with Crippen LogP contribution in [0.15, 0.2) is 18.2 Å². The van der Waals surface area contributed by atoms with Crippen LogP contribution < -0.4 is 20.9 Å². The summed E-state index contributed by atoms with van der Waals surface area (Å²) >= 11 is 0. The Bertz CT molecular complexity index is 378. The van der Waals surface area contributed by atoms with Crippen molar-refractivity contribution in [3.8, 4) is 11.5 Å². The zero-order valence-electron chi connectivity index (χ0n) is 12.2. The minimum absolute atomic E-state index is 0.348. The minimum atomic E-state index is 0.348. The molecule has 4 heteroatoms. The molecule has 0 amide bonds. The maximum atomic E-state index is 5.76. The molecule has 0 aliphatic carbocycles. The lowest BCUT2D eigenvalue weighted by molar-refractivity contribution is 0.382. The smallest absolute Gasteiger partial charge is 0.122 e. The molecule has 0 heterocycles. The maximum absolute atomic E-state index is 5.76. The van der Waals surface area contributed by atoms with E-state index in [2.05, 4.69) is 13.0 Å². The first-order chi connectivity index (χ1) is 9.19. The second-order valence-electron chi connectivity index (χ2n) is 4.79. The van der Waals surface area contributed by atoms with Crippen molar-refractivity contribution in [2.24, 2.45) is 17.4 Å². The third-order valence-electron chi connectivity index (χ3n) is 3.65. The van der Waals surface area contributed by atoms with Crippen molar-refractivity contribution in [2.45, 2.75) is 25.7 Å². The van der Waals surface area contributed by atoms with Gasteiger partial charge >= 0.3 is 0 Å². The van der Waals surface area contributed by atoms with Crippen LogP contribution in [0.1, 0.15) is 31.2 Å². The lowest BCUT2D eigenvalue weighted by Gasteiger charge is -2.23. The van der Waals surface area contributed by atoms with E-state index in [9.17, 15) is 0 Å². The molecule has 0 saturated heterocycles. The average Bonchev–Trinajstić information content (AvgIpc) is 2.48. The van der Waals surface area contributed by atoms with E-state index in [1.807, 2.05) is 12.1 Å². The van der Waals surface area contributed by atoms with Gasteiger partial charge in [0.05, 0.1) is 14.2 Å². The second-order valence-corrected chi connectivity index (χ2v) is 4.79. The van der Waals surface area contributed by atoms with Crippen molar-refractivity contribution in [1.29, 1.82) is 0 Å². The molecule has 0 aliphatic heterocycles. The summed E-state index contributed by atoms with van der Waals surface area (Å²) in [5.74, 6) is 2.50. The van der Waals surface area contributed by atoms with E-state index >= 15 is 0 Å². The van der Waals surface area contributed by atoms with Gasteiger partial charge in [0.1, 0.15) is 11.5 Å². The zero-order valence-corrected chi connectivity index (χ0v) is 12.2. The molecule has 1 rings (SSSR count). The molecular weight excluding hydrogens is 240 g/mol. The fourth-order valence-electron chi connectivity index (χ4n) is 2.36. The highest BCUT2D eigenvalue weighted by Gasteiger charge is 2.19. The third-order valence-corrected chi connectivity index (χ3v) is 3.65. The van der Waals surface area contributed by atoms with Gasteiger partial charge in [-0.05, 0) is 56.0 Å². The molecule has 0 aliphatic rings. The summed E-state index contributed by atoms with van der Waals surface area (Å²) in [6.07, 6.45) is 2.01. The Morgan fingerprint density at radius 1 is 1.11 bits per heavy atom. The first-order valence-electron chi connectivity index (χ1n) is 6.82. The van der Waals surface area contributed by atoms with E-state index in [1.54, 1.807) is 14.2 Å². The first-order valence-corrected chi connectivity index (χ1v) is 6.82. The number of nitrogens with two attached hydrogens (primary N) is 2. The molecule has 1 aromatic rings. The van der Waals surface area contributed by atoms with E-state index in [0.717, 1.165) is 24.3 Å². The van der Waals surface area contributed by atoms with E-state index in [0.29, 0.717) is 24.9 Å². The summed E-state index contributed by atoms with van der Waals surface area (Å²) in [4.78, 5) is 0. The molecule has 1 unspecified atom stereocenters.